The number of hydrogen-bond acceptors (Lipinski definition) is 5. The predicted molar refractivity (Wildman–Crippen MR) is 188 cm³/mol. The number of allylic oxidation sites excluding steroid dienone is 1. The number of esters is 1. The van der Waals surface area contributed by atoms with Crippen LogP contribution in [-0.2, 0) is 22.4 Å². The molecule has 0 aliphatic heterocycles. The molecule has 47 heavy (non-hydrogen) atoms. The van der Waals surface area contributed by atoms with E-state index in [0.717, 1.165) is 97.0 Å². The van der Waals surface area contributed by atoms with E-state index in [-0.39, 0.29) is 29.7 Å². The molecule has 5 aliphatic rings. The zero-order valence-corrected chi connectivity index (χ0v) is 29.7. The Labute approximate surface area is 282 Å². The first-order chi connectivity index (χ1) is 22.6. The third kappa shape index (κ3) is 6.12. The third-order valence-corrected chi connectivity index (χ3v) is 14.1. The van der Waals surface area contributed by atoms with Gasteiger partial charge in [-0.3, -0.25) is 0 Å². The highest BCUT2D eigenvalue weighted by atomic mass is 16.6. The van der Waals surface area contributed by atoms with Crippen molar-refractivity contribution in [2.75, 3.05) is 6.61 Å². The fourth-order valence-corrected chi connectivity index (χ4v) is 11.6. The molecule has 5 heteroatoms. The lowest BCUT2D eigenvalue weighted by molar-refractivity contribution is -0.153. The van der Waals surface area contributed by atoms with E-state index in [2.05, 4.69) is 40.7 Å². The number of ether oxygens (including phenoxy) is 2. The molecule has 0 N–H and O–H groups in total. The molecule has 5 nitrogen and oxygen atoms in total. The third-order valence-electron chi connectivity index (χ3n) is 14.1. The molecule has 1 aromatic carbocycles. The maximum absolute atomic E-state index is 13.0. The van der Waals surface area contributed by atoms with Gasteiger partial charge in [0.25, 0.3) is 0 Å². The van der Waals surface area contributed by atoms with Crippen LogP contribution in [0.25, 0.3) is 11.0 Å². The van der Waals surface area contributed by atoms with Crippen molar-refractivity contribution in [3.8, 4) is 5.75 Å². The predicted octanol–water partition coefficient (Wildman–Crippen LogP) is 10.0. The molecule has 0 radical (unpaired) electrons. The summed E-state index contributed by atoms with van der Waals surface area (Å²) in [6.45, 7) is 12.3. The molecule has 1 heterocycles. The molecule has 3 fully saturated rings. The molecule has 8 atom stereocenters. The highest BCUT2D eigenvalue weighted by Crippen LogP contribution is 2.67. The molecule has 0 saturated heterocycles. The smallest absolute Gasteiger partial charge is 0.344 e. The maximum Gasteiger partial charge on any atom is 0.344 e. The molecular formula is C42H58O5. The summed E-state index contributed by atoms with van der Waals surface area (Å²) < 4.78 is 17.5. The van der Waals surface area contributed by atoms with Crippen LogP contribution in [-0.4, -0.2) is 18.7 Å². The number of carbonyl (C=O) groups excluding carboxylic acids is 1. The van der Waals surface area contributed by atoms with E-state index >= 15 is 0 Å². The van der Waals surface area contributed by atoms with Crippen molar-refractivity contribution in [1.29, 1.82) is 0 Å². The second-order valence-corrected chi connectivity index (χ2v) is 17.1. The lowest BCUT2D eigenvalue weighted by Gasteiger charge is -2.58. The highest BCUT2D eigenvalue weighted by molar-refractivity contribution is 5.83. The van der Waals surface area contributed by atoms with Crippen LogP contribution in [0.3, 0.4) is 0 Å². The van der Waals surface area contributed by atoms with Crippen molar-refractivity contribution in [3.63, 3.8) is 0 Å². The zero-order chi connectivity index (χ0) is 32.9. The van der Waals surface area contributed by atoms with Crippen molar-refractivity contribution in [2.24, 2.45) is 46.3 Å². The summed E-state index contributed by atoms with van der Waals surface area (Å²) in [4.78, 5) is 25.5. The second-order valence-electron chi connectivity index (χ2n) is 17.1. The molecule has 0 amide bonds. The quantitative estimate of drug-likeness (QED) is 0.155. The van der Waals surface area contributed by atoms with Crippen molar-refractivity contribution >= 4 is 16.9 Å². The minimum absolute atomic E-state index is 0.0838. The molecule has 0 spiro atoms. The summed E-state index contributed by atoms with van der Waals surface area (Å²) in [6.07, 6.45) is 20.1. The summed E-state index contributed by atoms with van der Waals surface area (Å²) in [7, 11) is 0. The van der Waals surface area contributed by atoms with Gasteiger partial charge in [0.1, 0.15) is 17.4 Å². The average Bonchev–Trinajstić information content (AvgIpc) is 3.41. The van der Waals surface area contributed by atoms with E-state index in [1.165, 1.54) is 56.9 Å². The fourth-order valence-electron chi connectivity index (χ4n) is 11.6. The molecule has 7 rings (SSSR count). The van der Waals surface area contributed by atoms with E-state index in [1.54, 1.807) is 6.07 Å². The van der Waals surface area contributed by atoms with Crippen molar-refractivity contribution in [2.45, 2.75) is 137 Å². The average molecular weight is 643 g/mol. The molecule has 2 aromatic rings. The van der Waals surface area contributed by atoms with Gasteiger partial charge in [0.05, 0.1) is 0 Å². The molecule has 0 bridgehead atoms. The number of carbonyl (C=O) groups is 1. The minimum atomic E-state index is -0.326. The summed E-state index contributed by atoms with van der Waals surface area (Å²) >= 11 is 0. The summed E-state index contributed by atoms with van der Waals surface area (Å²) in [5.74, 6) is 5.15. The largest absolute Gasteiger partial charge is 0.482 e. The van der Waals surface area contributed by atoms with E-state index in [9.17, 15) is 9.59 Å². The number of benzene rings is 1. The Bertz CT molecular complexity index is 1570. The summed E-state index contributed by atoms with van der Waals surface area (Å²) in [5.41, 5.74) is 4.49. The van der Waals surface area contributed by atoms with Gasteiger partial charge in [-0.25, -0.2) is 9.59 Å². The first kappa shape index (κ1) is 33.0. The van der Waals surface area contributed by atoms with Gasteiger partial charge in [-0.05, 0) is 135 Å². The van der Waals surface area contributed by atoms with Crippen LogP contribution >= 0.6 is 0 Å². The van der Waals surface area contributed by atoms with Gasteiger partial charge >= 0.3 is 11.6 Å². The van der Waals surface area contributed by atoms with Gasteiger partial charge in [0, 0.05) is 23.4 Å². The summed E-state index contributed by atoms with van der Waals surface area (Å²) in [5, 5.41) is 0.976. The van der Waals surface area contributed by atoms with Crippen LogP contribution < -0.4 is 10.4 Å². The Balaban J connectivity index is 0.953. The highest BCUT2D eigenvalue weighted by Gasteiger charge is 2.59. The van der Waals surface area contributed by atoms with E-state index in [1.807, 2.05) is 12.1 Å². The first-order valence-corrected chi connectivity index (χ1v) is 19.2. The number of rotatable bonds is 9. The van der Waals surface area contributed by atoms with E-state index in [0.29, 0.717) is 16.7 Å². The van der Waals surface area contributed by atoms with Crippen LogP contribution in [0.2, 0.25) is 0 Å². The Morgan fingerprint density at radius 3 is 2.60 bits per heavy atom. The molecule has 0 unspecified atom stereocenters. The van der Waals surface area contributed by atoms with Gasteiger partial charge in [0.15, 0.2) is 6.61 Å². The SMILES string of the molecule is CC(C)CCC[C@H](C)[C@@H]1CC[C@@H]2[C@H]3CC=C4C[C@@H](OC(=O)COc5ccc6c7c(c(=O)oc6c5)CCCC7)CC[C@]4(C)[C@@H]3CC[C@@]21C. The van der Waals surface area contributed by atoms with Gasteiger partial charge in [-0.1, -0.05) is 65.5 Å². The number of fused-ring (bicyclic) bond motifs is 8. The normalized spacial score (nSPS) is 33.7. The van der Waals surface area contributed by atoms with E-state index in [4.69, 9.17) is 13.9 Å². The summed E-state index contributed by atoms with van der Waals surface area (Å²) in [6, 6.07) is 5.57. The molecular weight excluding hydrogens is 584 g/mol. The standard InChI is InChI=1S/C42H58O5/c1-26(2)9-8-10-27(3)35-17-18-36-34-15-13-28-23-30(19-21-41(28,4)37(34)20-22-42(35,36)5)46-39(43)25-45-29-14-16-32-31-11-6-7-12-33(31)40(44)47-38(32)24-29/h13-14,16,24,26-27,30,34-37H,6-12,15,17-23,25H2,1-5H3/t27-,30-,34+,35-,36+,37+,41-,42+/m0/s1. The Kier molecular flexibility index (Phi) is 9.15. The van der Waals surface area contributed by atoms with Crippen LogP contribution in [0.5, 0.6) is 5.75 Å². The second kappa shape index (κ2) is 13.0. The first-order valence-electron chi connectivity index (χ1n) is 19.2. The zero-order valence-electron chi connectivity index (χ0n) is 29.7. The maximum atomic E-state index is 13.0. The van der Waals surface area contributed by atoms with Crippen LogP contribution in [0.4, 0.5) is 0 Å². The molecule has 256 valence electrons. The molecule has 1 aromatic heterocycles. The number of hydrogen-bond donors (Lipinski definition) is 0. The number of aryl methyl sites for hydroxylation is 1. The molecule has 3 saturated carbocycles. The fraction of sp³-hybridized carbons (Fsp3) is 0.714. The van der Waals surface area contributed by atoms with Gasteiger partial charge in [-0.2, -0.15) is 0 Å². The topological polar surface area (TPSA) is 65.7 Å². The van der Waals surface area contributed by atoms with Gasteiger partial charge < -0.3 is 13.9 Å². The van der Waals surface area contributed by atoms with E-state index < -0.39 is 0 Å². The lowest BCUT2D eigenvalue weighted by atomic mass is 9.47. The van der Waals surface area contributed by atoms with Crippen molar-refractivity contribution in [1.82, 2.24) is 0 Å². The van der Waals surface area contributed by atoms with Crippen LogP contribution in [0.15, 0.2) is 39.1 Å². The van der Waals surface area contributed by atoms with Crippen LogP contribution in [0, 0.1) is 46.3 Å². The Hall–Kier alpha value is -2.56. The van der Waals surface area contributed by atoms with Gasteiger partial charge in [-0.15, -0.1) is 0 Å². The monoisotopic (exact) mass is 642 g/mol. The molecule has 5 aliphatic carbocycles. The van der Waals surface area contributed by atoms with Gasteiger partial charge in [0.2, 0.25) is 0 Å². The van der Waals surface area contributed by atoms with Crippen molar-refractivity contribution in [3.05, 3.63) is 51.4 Å². The van der Waals surface area contributed by atoms with Crippen LogP contribution in [0.1, 0.15) is 129 Å². The minimum Gasteiger partial charge on any atom is -0.482 e. The Morgan fingerprint density at radius 1 is 0.979 bits per heavy atom. The lowest BCUT2D eigenvalue weighted by Crippen LogP contribution is -2.51. The Morgan fingerprint density at radius 2 is 1.79 bits per heavy atom. The van der Waals surface area contributed by atoms with Crippen molar-refractivity contribution < 1.29 is 18.7 Å².